The molecule has 7 heteroatoms. The smallest absolute Gasteiger partial charge is 0.166 e. The van der Waals surface area contributed by atoms with Gasteiger partial charge in [-0.3, -0.25) is 0 Å². The van der Waals surface area contributed by atoms with Crippen molar-refractivity contribution in [2.45, 2.75) is 6.42 Å². The summed E-state index contributed by atoms with van der Waals surface area (Å²) in [6.45, 7) is 0. The average Bonchev–Trinajstić information content (AvgIpc) is 3.35. The number of benzene rings is 6. The lowest BCUT2D eigenvalue weighted by atomic mass is 9.79. The van der Waals surface area contributed by atoms with Gasteiger partial charge in [0.05, 0.1) is 5.02 Å². The van der Waals surface area contributed by atoms with Crippen molar-refractivity contribution in [2.75, 3.05) is 0 Å². The fraction of sp³-hybridized carbons (Fsp3) is 0.0323. The summed E-state index contributed by atoms with van der Waals surface area (Å²) in [4.78, 5) is 0. The number of hydrogen-bond donors (Lipinski definition) is 4. The van der Waals surface area contributed by atoms with Crippen molar-refractivity contribution in [3.8, 4) is 45.3 Å². The first-order valence-corrected chi connectivity index (χ1v) is 12.4. The molecule has 1 aliphatic carbocycles. The Balaban J connectivity index is 1.53. The quantitative estimate of drug-likeness (QED) is 0.103. The molecule has 0 saturated carbocycles. The molecule has 0 spiro atoms. The second-order valence-corrected chi connectivity index (χ2v) is 10.0. The zero-order valence-corrected chi connectivity index (χ0v) is 20.6. The topological polar surface area (TPSA) is 80.9 Å². The fourth-order valence-corrected chi connectivity index (χ4v) is 6.18. The summed E-state index contributed by atoms with van der Waals surface area (Å²) in [6, 6.07) is 22.2. The summed E-state index contributed by atoms with van der Waals surface area (Å²) < 4.78 is 0. The van der Waals surface area contributed by atoms with E-state index in [0.29, 0.717) is 11.1 Å². The zero-order valence-electron chi connectivity index (χ0n) is 19.9. The number of rotatable bonds is 1. The van der Waals surface area contributed by atoms with Gasteiger partial charge in [0.15, 0.2) is 11.5 Å². The predicted octanol–water partition coefficient (Wildman–Crippen LogP) is 5.45. The standard InChI is InChI=1S/C31H17B2ClO4/c32-25-20-12-21-24(29(36)26(33)27(34)28(21)35)23(20)31(38)30(37)22(25)13-9-10-18-16-7-2-1-5-14(16)15-6-3-4-8-17(15)19(18)11-13/h1-11,35-38H,12H2. The van der Waals surface area contributed by atoms with Crippen LogP contribution >= 0.6 is 11.6 Å². The van der Waals surface area contributed by atoms with Crippen LogP contribution in [0.1, 0.15) is 11.1 Å². The van der Waals surface area contributed by atoms with Gasteiger partial charge in [0.1, 0.15) is 27.2 Å². The highest BCUT2D eigenvalue weighted by atomic mass is 35.5. The normalized spacial score (nSPS) is 12.3. The number of hydrogen-bond acceptors (Lipinski definition) is 4. The predicted molar refractivity (Wildman–Crippen MR) is 155 cm³/mol. The third-order valence-corrected chi connectivity index (χ3v) is 8.14. The molecule has 4 radical (unpaired) electrons. The Morgan fingerprint density at radius 1 is 0.526 bits per heavy atom. The van der Waals surface area contributed by atoms with Gasteiger partial charge in [-0.1, -0.05) is 77.7 Å². The number of fused-ring (bicyclic) bond motifs is 9. The molecular formula is C31H17B2ClO4. The summed E-state index contributed by atoms with van der Waals surface area (Å²) in [5, 5.41) is 50.0. The molecule has 0 saturated heterocycles. The van der Waals surface area contributed by atoms with Gasteiger partial charge in [-0.25, -0.2) is 0 Å². The van der Waals surface area contributed by atoms with Gasteiger partial charge < -0.3 is 20.4 Å². The van der Waals surface area contributed by atoms with Crippen molar-refractivity contribution >= 4 is 70.5 Å². The van der Waals surface area contributed by atoms with E-state index in [1.165, 1.54) is 0 Å². The van der Waals surface area contributed by atoms with Crippen molar-refractivity contribution in [3.05, 3.63) is 82.9 Å². The second-order valence-electron chi connectivity index (χ2n) is 9.65. The van der Waals surface area contributed by atoms with Gasteiger partial charge in [-0.05, 0) is 55.0 Å². The first-order valence-electron chi connectivity index (χ1n) is 12.0. The summed E-state index contributed by atoms with van der Waals surface area (Å²) >= 11 is 6.11. The van der Waals surface area contributed by atoms with E-state index in [1.54, 1.807) is 0 Å². The number of phenolic OH excluding ortho intramolecular Hbond substituents is 4. The van der Waals surface area contributed by atoms with Gasteiger partial charge >= 0.3 is 0 Å². The van der Waals surface area contributed by atoms with Crippen LogP contribution in [0, 0.1) is 0 Å². The third-order valence-electron chi connectivity index (χ3n) is 7.75. The minimum atomic E-state index is -0.456. The van der Waals surface area contributed by atoms with Crippen molar-refractivity contribution in [3.63, 3.8) is 0 Å². The van der Waals surface area contributed by atoms with E-state index in [4.69, 9.17) is 27.3 Å². The van der Waals surface area contributed by atoms with Crippen LogP contribution < -0.4 is 10.9 Å². The largest absolute Gasteiger partial charge is 0.508 e. The maximum Gasteiger partial charge on any atom is 0.166 e. The minimum Gasteiger partial charge on any atom is -0.508 e. The van der Waals surface area contributed by atoms with Crippen molar-refractivity contribution < 1.29 is 20.4 Å². The highest BCUT2D eigenvalue weighted by Crippen LogP contribution is 2.54. The van der Waals surface area contributed by atoms with Gasteiger partial charge in [-0.2, -0.15) is 0 Å². The molecule has 0 unspecified atom stereocenters. The molecule has 7 rings (SSSR count). The van der Waals surface area contributed by atoms with Crippen LogP contribution in [0.3, 0.4) is 0 Å². The number of halogens is 1. The molecule has 0 bridgehead atoms. The lowest BCUT2D eigenvalue weighted by Gasteiger charge is -2.18. The van der Waals surface area contributed by atoms with Gasteiger partial charge in [0.2, 0.25) is 0 Å². The summed E-state index contributed by atoms with van der Waals surface area (Å²) in [5.74, 6) is -1.56. The molecule has 6 aromatic rings. The first kappa shape index (κ1) is 22.9. The Bertz CT molecular complexity index is 2000. The lowest BCUT2D eigenvalue weighted by Crippen LogP contribution is -2.14. The second kappa shape index (κ2) is 7.86. The molecule has 0 fully saturated rings. The van der Waals surface area contributed by atoms with Crippen molar-refractivity contribution in [1.82, 2.24) is 0 Å². The maximum absolute atomic E-state index is 11.2. The SMILES string of the molecule is [B]c1c(O)c2c(c(O)c1Cl)Cc1c([B])c(-c3ccc4c5ccccc5c5ccccc5c4c3)c(O)c(O)c1-2. The van der Waals surface area contributed by atoms with Gasteiger partial charge in [0.25, 0.3) is 0 Å². The van der Waals surface area contributed by atoms with Crippen LogP contribution in [-0.2, 0) is 6.42 Å². The Morgan fingerprint density at radius 2 is 1.03 bits per heavy atom. The third kappa shape index (κ3) is 2.84. The van der Waals surface area contributed by atoms with Crippen LogP contribution in [0.4, 0.5) is 0 Å². The lowest BCUT2D eigenvalue weighted by molar-refractivity contribution is 0.406. The number of phenols is 4. The van der Waals surface area contributed by atoms with Gasteiger partial charge in [-0.15, -0.1) is 0 Å². The molecule has 6 aromatic carbocycles. The molecule has 38 heavy (non-hydrogen) atoms. The van der Waals surface area contributed by atoms with E-state index < -0.39 is 11.5 Å². The summed E-state index contributed by atoms with van der Waals surface area (Å²) in [6.07, 6.45) is 0.0951. The average molecular weight is 511 g/mol. The van der Waals surface area contributed by atoms with E-state index in [2.05, 4.69) is 24.3 Å². The van der Waals surface area contributed by atoms with E-state index in [0.717, 1.165) is 32.3 Å². The molecule has 0 aliphatic heterocycles. The van der Waals surface area contributed by atoms with E-state index in [1.807, 2.05) is 42.5 Å². The van der Waals surface area contributed by atoms with Crippen LogP contribution in [0.5, 0.6) is 23.0 Å². The molecule has 0 aromatic heterocycles. The van der Waals surface area contributed by atoms with Crippen LogP contribution in [0.2, 0.25) is 5.02 Å². The molecular weight excluding hydrogens is 493 g/mol. The molecule has 1 aliphatic rings. The Labute approximate surface area is 225 Å². The van der Waals surface area contributed by atoms with Crippen LogP contribution in [-0.4, -0.2) is 36.1 Å². The van der Waals surface area contributed by atoms with Gasteiger partial charge in [0, 0.05) is 28.7 Å². The molecule has 0 amide bonds. The van der Waals surface area contributed by atoms with E-state index in [-0.39, 0.29) is 56.1 Å². The van der Waals surface area contributed by atoms with Crippen molar-refractivity contribution in [1.29, 1.82) is 0 Å². The van der Waals surface area contributed by atoms with E-state index in [9.17, 15) is 20.4 Å². The minimum absolute atomic E-state index is 0.0951. The Hall–Kier alpha value is -4.28. The Morgan fingerprint density at radius 3 is 1.63 bits per heavy atom. The maximum atomic E-state index is 11.2. The summed E-state index contributed by atoms with van der Waals surface area (Å²) in [5.41, 5.74) is 1.88. The number of aromatic hydroxyl groups is 4. The van der Waals surface area contributed by atoms with Crippen LogP contribution in [0.15, 0.2) is 66.7 Å². The fourth-order valence-electron chi connectivity index (χ4n) is 5.98. The van der Waals surface area contributed by atoms with Crippen LogP contribution in [0.25, 0.3) is 54.6 Å². The molecule has 4 nitrogen and oxygen atoms in total. The highest BCUT2D eigenvalue weighted by molar-refractivity contribution is 6.48. The van der Waals surface area contributed by atoms with E-state index >= 15 is 0 Å². The molecule has 178 valence electrons. The first-order chi connectivity index (χ1) is 18.3. The summed E-state index contributed by atoms with van der Waals surface area (Å²) in [7, 11) is 12.5. The zero-order chi connectivity index (χ0) is 26.5. The Kier molecular flexibility index (Phi) is 4.73. The molecule has 4 N–H and O–H groups in total. The van der Waals surface area contributed by atoms with Crippen molar-refractivity contribution in [2.24, 2.45) is 0 Å². The monoisotopic (exact) mass is 510 g/mol. The molecule has 0 heterocycles. The highest BCUT2D eigenvalue weighted by Gasteiger charge is 2.34. The molecule has 0 atom stereocenters.